The number of rotatable bonds is 4. The maximum absolute atomic E-state index is 13.5. The van der Waals surface area contributed by atoms with Gasteiger partial charge in [0.05, 0.1) is 23.3 Å². The first-order valence-corrected chi connectivity index (χ1v) is 10.6. The molecule has 0 fully saturated rings. The Morgan fingerprint density at radius 3 is 2.12 bits per heavy atom. The molecule has 3 atom stereocenters. The van der Waals surface area contributed by atoms with Crippen LogP contribution in [0, 0.1) is 5.82 Å². The summed E-state index contributed by atoms with van der Waals surface area (Å²) in [6.07, 6.45) is -8.89. The molecule has 0 saturated heterocycles. The van der Waals surface area contributed by atoms with Gasteiger partial charge in [-0.05, 0) is 72.9 Å². The summed E-state index contributed by atoms with van der Waals surface area (Å²) in [7, 11) is 0. The van der Waals surface area contributed by atoms with E-state index >= 15 is 0 Å². The number of fused-ring (bicyclic) bond motifs is 1. The molecule has 2 aromatic carbocycles. The third-order valence-electron chi connectivity index (χ3n) is 5.99. The smallest absolute Gasteiger partial charge is 0.370 e. The molecule has 180 valence electrons. The zero-order valence-corrected chi connectivity index (χ0v) is 17.9. The molecule has 34 heavy (non-hydrogen) atoms. The Hall–Kier alpha value is -2.94. The minimum Gasteiger partial charge on any atom is -0.370 e. The molecule has 1 heterocycles. The lowest BCUT2D eigenvalue weighted by Gasteiger charge is -2.35. The van der Waals surface area contributed by atoms with E-state index in [1.165, 1.54) is 19.1 Å². The molecule has 2 nitrogen and oxygen atoms in total. The van der Waals surface area contributed by atoms with Crippen LogP contribution in [-0.2, 0) is 23.5 Å². The molecule has 1 aliphatic rings. The van der Waals surface area contributed by atoms with Gasteiger partial charge in [0.2, 0.25) is 0 Å². The van der Waals surface area contributed by atoms with E-state index in [2.05, 4.69) is 4.98 Å². The van der Waals surface area contributed by atoms with Crippen molar-refractivity contribution in [2.45, 2.75) is 50.2 Å². The monoisotopic (exact) mass is 483 g/mol. The molecule has 9 heteroatoms. The quantitative estimate of drug-likeness (QED) is 0.359. The number of benzene rings is 2. The van der Waals surface area contributed by atoms with Crippen LogP contribution in [0.4, 0.5) is 30.7 Å². The summed E-state index contributed by atoms with van der Waals surface area (Å²) in [6.45, 7) is 1.43. The molecule has 1 aliphatic carbocycles. The van der Waals surface area contributed by atoms with Gasteiger partial charge in [-0.1, -0.05) is 18.2 Å². The number of pyridine rings is 1. The highest BCUT2D eigenvalue weighted by molar-refractivity contribution is 5.39. The van der Waals surface area contributed by atoms with Crippen LogP contribution < -0.4 is 0 Å². The summed E-state index contributed by atoms with van der Waals surface area (Å²) in [5.74, 6) is -0.839. The van der Waals surface area contributed by atoms with Crippen LogP contribution >= 0.6 is 0 Å². The van der Waals surface area contributed by atoms with Gasteiger partial charge in [0.1, 0.15) is 5.82 Å². The summed E-state index contributed by atoms with van der Waals surface area (Å²) in [5.41, 5.74) is -0.632. The number of aromatic nitrogens is 1. The normalized spacial score (nSPS) is 19.5. The third-order valence-corrected chi connectivity index (χ3v) is 5.99. The van der Waals surface area contributed by atoms with Crippen molar-refractivity contribution < 1.29 is 35.5 Å². The first-order chi connectivity index (χ1) is 15.9. The topological polar surface area (TPSA) is 22.1 Å². The Labute approximate surface area is 191 Å². The number of alkyl halides is 6. The van der Waals surface area contributed by atoms with Gasteiger partial charge < -0.3 is 4.74 Å². The van der Waals surface area contributed by atoms with Gasteiger partial charge in [0, 0.05) is 17.8 Å². The Morgan fingerprint density at radius 1 is 0.912 bits per heavy atom. The molecule has 0 N–H and O–H groups in total. The van der Waals surface area contributed by atoms with Gasteiger partial charge in [-0.2, -0.15) is 26.3 Å². The van der Waals surface area contributed by atoms with E-state index < -0.39 is 47.4 Å². The molecule has 0 radical (unpaired) electrons. The van der Waals surface area contributed by atoms with Crippen LogP contribution in [0.15, 0.2) is 60.8 Å². The van der Waals surface area contributed by atoms with Crippen molar-refractivity contribution >= 4 is 0 Å². The van der Waals surface area contributed by atoms with Crippen molar-refractivity contribution in [3.05, 3.63) is 100 Å². The highest BCUT2D eigenvalue weighted by atomic mass is 19.4. The highest BCUT2D eigenvalue weighted by Crippen LogP contribution is 2.42. The van der Waals surface area contributed by atoms with E-state index in [0.29, 0.717) is 30.5 Å². The van der Waals surface area contributed by atoms with Gasteiger partial charge in [0.25, 0.3) is 0 Å². The molecule has 0 bridgehead atoms. The zero-order valence-electron chi connectivity index (χ0n) is 17.9. The van der Waals surface area contributed by atoms with E-state index in [-0.39, 0.29) is 11.6 Å². The second-order valence-corrected chi connectivity index (χ2v) is 8.26. The first-order valence-electron chi connectivity index (χ1n) is 10.6. The summed E-state index contributed by atoms with van der Waals surface area (Å²) < 4.78 is 99.4. The third kappa shape index (κ3) is 5.09. The highest BCUT2D eigenvalue weighted by Gasteiger charge is 2.38. The molecular formula is C25H20F7NO. The molecule has 4 rings (SSSR count). The van der Waals surface area contributed by atoms with E-state index in [1.54, 1.807) is 24.4 Å². The number of halogens is 7. The molecule has 3 aromatic rings. The fourth-order valence-corrected chi connectivity index (χ4v) is 4.35. The van der Waals surface area contributed by atoms with Gasteiger partial charge in [-0.25, -0.2) is 4.39 Å². The lowest BCUT2D eigenvalue weighted by atomic mass is 9.78. The summed E-state index contributed by atoms with van der Waals surface area (Å²) >= 11 is 0. The second-order valence-electron chi connectivity index (χ2n) is 8.26. The largest absolute Gasteiger partial charge is 0.416 e. The fraction of sp³-hybridized carbons (Fsp3) is 0.320. The molecule has 0 spiro atoms. The number of hydrogen-bond donors (Lipinski definition) is 0. The SMILES string of the molecule is C[C@H](OC1CCc2ncccc2[C@@H]1c1ccc(F)cc1)c1cc(C(F)(F)F)cc(C(F)(F)F)c1. The van der Waals surface area contributed by atoms with Gasteiger partial charge >= 0.3 is 12.4 Å². The fourth-order valence-electron chi connectivity index (χ4n) is 4.35. The maximum Gasteiger partial charge on any atom is 0.416 e. The van der Waals surface area contributed by atoms with Crippen LogP contribution in [-0.4, -0.2) is 11.1 Å². The van der Waals surface area contributed by atoms with Crippen molar-refractivity contribution in [3.8, 4) is 0 Å². The van der Waals surface area contributed by atoms with Crippen molar-refractivity contribution in [1.29, 1.82) is 0 Å². The summed E-state index contributed by atoms with van der Waals surface area (Å²) in [4.78, 5) is 4.38. The van der Waals surface area contributed by atoms with Gasteiger partial charge in [-0.3, -0.25) is 4.98 Å². The molecular weight excluding hydrogens is 463 g/mol. The van der Waals surface area contributed by atoms with Crippen molar-refractivity contribution in [1.82, 2.24) is 4.98 Å². The molecule has 1 unspecified atom stereocenters. The molecule has 0 amide bonds. The van der Waals surface area contributed by atoms with Crippen LogP contribution in [0.3, 0.4) is 0 Å². The van der Waals surface area contributed by atoms with Crippen LogP contribution in [0.25, 0.3) is 0 Å². The van der Waals surface area contributed by atoms with E-state index in [0.717, 1.165) is 11.3 Å². The van der Waals surface area contributed by atoms with E-state index in [1.807, 2.05) is 6.07 Å². The predicted octanol–water partition coefficient (Wildman–Crippen LogP) is 7.48. The number of aryl methyl sites for hydroxylation is 1. The van der Waals surface area contributed by atoms with Crippen LogP contribution in [0.5, 0.6) is 0 Å². The Balaban J connectivity index is 1.70. The number of hydrogen-bond acceptors (Lipinski definition) is 2. The molecule has 1 aromatic heterocycles. The minimum absolute atomic E-state index is 0.0973. The number of ether oxygens (including phenoxy) is 1. The standard InChI is InChI=1S/C25H20F7NO/c1-14(16-11-17(24(27,28)29)13-18(12-16)25(30,31)32)34-22-9-8-21-20(3-2-10-33-21)23(22)15-4-6-19(26)7-5-15/h2-7,10-14,22-23H,8-9H2,1H3/t14-,22?,23-/m0/s1. The van der Waals surface area contributed by atoms with E-state index in [9.17, 15) is 30.7 Å². The second kappa shape index (κ2) is 9.02. The van der Waals surface area contributed by atoms with Gasteiger partial charge in [-0.15, -0.1) is 0 Å². The first kappa shape index (κ1) is 24.2. The summed E-state index contributed by atoms with van der Waals surface area (Å²) in [6, 6.07) is 10.8. The lowest BCUT2D eigenvalue weighted by Crippen LogP contribution is -2.30. The van der Waals surface area contributed by atoms with Crippen molar-refractivity contribution in [3.63, 3.8) is 0 Å². The Morgan fingerprint density at radius 2 is 1.53 bits per heavy atom. The average molecular weight is 483 g/mol. The molecule has 0 saturated carbocycles. The van der Waals surface area contributed by atoms with E-state index in [4.69, 9.17) is 4.74 Å². The zero-order chi connectivity index (χ0) is 24.7. The maximum atomic E-state index is 13.5. The minimum atomic E-state index is -4.94. The van der Waals surface area contributed by atoms with Crippen LogP contribution in [0.2, 0.25) is 0 Å². The lowest BCUT2D eigenvalue weighted by molar-refractivity contribution is -0.143. The van der Waals surface area contributed by atoms with Crippen molar-refractivity contribution in [2.75, 3.05) is 0 Å². The van der Waals surface area contributed by atoms with Crippen LogP contribution in [0.1, 0.15) is 58.9 Å². The van der Waals surface area contributed by atoms with Gasteiger partial charge in [0.15, 0.2) is 0 Å². The average Bonchev–Trinajstić information content (AvgIpc) is 2.78. The summed E-state index contributed by atoms with van der Waals surface area (Å²) in [5, 5.41) is 0. The molecule has 0 aliphatic heterocycles. The predicted molar refractivity (Wildman–Crippen MR) is 111 cm³/mol. The Bertz CT molecular complexity index is 1120. The van der Waals surface area contributed by atoms with Crippen molar-refractivity contribution in [2.24, 2.45) is 0 Å². The number of nitrogens with zero attached hydrogens (tertiary/aromatic N) is 1. The Kier molecular flexibility index (Phi) is 6.42.